The van der Waals surface area contributed by atoms with Gasteiger partial charge >= 0.3 is 13.8 Å². The van der Waals surface area contributed by atoms with E-state index in [-0.39, 0.29) is 26.2 Å². The second kappa shape index (κ2) is 34.5. The van der Waals surface area contributed by atoms with Crippen molar-refractivity contribution in [3.05, 3.63) is 97.2 Å². The van der Waals surface area contributed by atoms with Crippen LogP contribution in [0.3, 0.4) is 0 Å². The van der Waals surface area contributed by atoms with Crippen LogP contribution in [0.25, 0.3) is 0 Å². The van der Waals surface area contributed by atoms with Gasteiger partial charge in [-0.3, -0.25) is 13.8 Å². The topological polar surface area (TPSA) is 91.3 Å². The Morgan fingerprint density at radius 1 is 0.608 bits per heavy atom. The fraction of sp³-hybridized carbons (Fsp3) is 0.595. The molecule has 290 valence electrons. The Hall–Kier alpha value is -2.58. The number of allylic oxidation sites excluding steroid dienone is 15. The molecule has 8 nitrogen and oxygen atoms in total. The maximum absolute atomic E-state index is 12.6. The zero-order valence-corrected chi connectivity index (χ0v) is 33.4. The lowest BCUT2D eigenvalue weighted by atomic mass is 10.1. The first kappa shape index (κ1) is 48.4. The monoisotopic (exact) mass is 732 g/mol. The molecule has 0 fully saturated rings. The number of unbranched alkanes of at least 4 members (excludes halogenated alkanes) is 4. The van der Waals surface area contributed by atoms with Gasteiger partial charge in [-0.2, -0.15) is 0 Å². The van der Waals surface area contributed by atoms with E-state index in [9.17, 15) is 14.3 Å². The third-order valence-corrected chi connectivity index (χ3v) is 8.16. The maximum atomic E-state index is 12.6. The van der Waals surface area contributed by atoms with Gasteiger partial charge in [0.1, 0.15) is 19.3 Å². The van der Waals surface area contributed by atoms with Crippen LogP contribution in [0.5, 0.6) is 0 Å². The molecule has 0 aromatic heterocycles. The Balaban J connectivity index is 4.53. The molecule has 0 amide bonds. The van der Waals surface area contributed by atoms with Crippen molar-refractivity contribution in [1.29, 1.82) is 0 Å². The number of hydrogen-bond acceptors (Lipinski definition) is 6. The van der Waals surface area contributed by atoms with Crippen molar-refractivity contribution in [3.63, 3.8) is 0 Å². The molecule has 9 heteroatoms. The lowest BCUT2D eigenvalue weighted by molar-refractivity contribution is -0.870. The van der Waals surface area contributed by atoms with Crippen molar-refractivity contribution < 1.29 is 37.3 Å². The summed E-state index contributed by atoms with van der Waals surface area (Å²) in [5, 5.41) is 0. The molecule has 0 aliphatic rings. The van der Waals surface area contributed by atoms with E-state index in [0.717, 1.165) is 77.0 Å². The lowest BCUT2D eigenvalue weighted by Gasteiger charge is -2.24. The SMILES string of the molecule is CC/C=C\C/C=C\C/C=C\C/C=C\C/C=C\CC(=O)OC(COCCCCCC/C=C\C/C=C\C/C=C\CC)COP(=O)(O)OCC[N+](C)(C)C. The number of carbonyl (C=O) groups is 1. The predicted octanol–water partition coefficient (Wildman–Crippen LogP) is 10.7. The van der Waals surface area contributed by atoms with Gasteiger partial charge in [-0.05, 0) is 70.6 Å². The second-order valence-electron chi connectivity index (χ2n) is 13.2. The summed E-state index contributed by atoms with van der Waals surface area (Å²) >= 11 is 0. The molecule has 0 bridgehead atoms. The van der Waals surface area contributed by atoms with Crippen LogP contribution in [0, 0.1) is 0 Å². The molecule has 0 saturated carbocycles. The minimum atomic E-state index is -4.31. The van der Waals surface area contributed by atoms with Crippen LogP contribution >= 0.6 is 7.82 Å². The standard InChI is InChI=1S/C42H70NO7P/c1-6-8-10-12-14-16-18-20-22-23-25-27-29-31-33-35-42(44)50-41(40-49-51(45,46)48-38-36-43(3,4)5)39-47-37-34-32-30-28-26-24-21-19-17-15-13-11-9-7-2/h8-11,14-17,20-22,24-25,27,31,33,41H,6-7,12-13,18-19,23,26,28-30,32,34-40H2,1-5H3/p+1/b10-8-,11-9-,16-14-,17-15-,22-20-,24-21-,27-25-,33-31-. The van der Waals surface area contributed by atoms with Gasteiger partial charge in [0.15, 0.2) is 0 Å². The van der Waals surface area contributed by atoms with E-state index in [0.29, 0.717) is 24.1 Å². The van der Waals surface area contributed by atoms with Crippen LogP contribution in [0.1, 0.15) is 104 Å². The zero-order valence-electron chi connectivity index (χ0n) is 32.5. The summed E-state index contributed by atoms with van der Waals surface area (Å²) in [6.07, 6.45) is 46.2. The molecule has 0 aliphatic carbocycles. The molecule has 0 aromatic rings. The molecule has 0 saturated heterocycles. The summed E-state index contributed by atoms with van der Waals surface area (Å²) in [6, 6.07) is 0. The Labute approximate surface area is 311 Å². The van der Waals surface area contributed by atoms with Gasteiger partial charge in [0.25, 0.3) is 0 Å². The number of phosphoric acid groups is 1. The number of carbonyl (C=O) groups excluding carboxylic acids is 1. The fourth-order valence-corrected chi connectivity index (χ4v) is 5.03. The van der Waals surface area contributed by atoms with Gasteiger partial charge in [-0.25, -0.2) is 4.57 Å². The van der Waals surface area contributed by atoms with E-state index in [1.165, 1.54) is 0 Å². The molecular formula is C42H71NO7P+. The van der Waals surface area contributed by atoms with Crippen LogP contribution in [0.15, 0.2) is 97.2 Å². The van der Waals surface area contributed by atoms with Crippen molar-refractivity contribution >= 4 is 13.8 Å². The van der Waals surface area contributed by atoms with Crippen molar-refractivity contribution in [3.8, 4) is 0 Å². The number of phosphoric ester groups is 1. The van der Waals surface area contributed by atoms with Gasteiger partial charge < -0.3 is 18.9 Å². The summed E-state index contributed by atoms with van der Waals surface area (Å²) in [5.74, 6) is -0.454. The summed E-state index contributed by atoms with van der Waals surface area (Å²) in [7, 11) is 1.57. The van der Waals surface area contributed by atoms with Crippen LogP contribution in [0.2, 0.25) is 0 Å². The molecule has 0 heterocycles. The van der Waals surface area contributed by atoms with Crippen molar-refractivity contribution in [1.82, 2.24) is 0 Å². The Morgan fingerprint density at radius 2 is 1.08 bits per heavy atom. The summed E-state index contributed by atoms with van der Waals surface area (Å²) in [5.41, 5.74) is 0. The number of quaternary nitrogens is 1. The highest BCUT2D eigenvalue weighted by molar-refractivity contribution is 7.47. The molecule has 2 unspecified atom stereocenters. The highest BCUT2D eigenvalue weighted by atomic mass is 31.2. The molecular weight excluding hydrogens is 661 g/mol. The number of nitrogens with zero attached hydrogens (tertiary/aromatic N) is 1. The van der Waals surface area contributed by atoms with Crippen LogP contribution in [0.4, 0.5) is 0 Å². The van der Waals surface area contributed by atoms with Gasteiger partial charge in [-0.1, -0.05) is 124 Å². The first-order chi connectivity index (χ1) is 24.6. The molecule has 0 radical (unpaired) electrons. The highest BCUT2D eigenvalue weighted by Gasteiger charge is 2.26. The summed E-state index contributed by atoms with van der Waals surface area (Å²) < 4.78 is 34.7. The van der Waals surface area contributed by atoms with E-state index in [1.54, 1.807) is 6.08 Å². The molecule has 0 spiro atoms. The van der Waals surface area contributed by atoms with Gasteiger partial charge in [0, 0.05) is 6.61 Å². The van der Waals surface area contributed by atoms with Gasteiger partial charge in [0.05, 0.1) is 40.8 Å². The van der Waals surface area contributed by atoms with Crippen molar-refractivity contribution in [2.45, 2.75) is 110 Å². The van der Waals surface area contributed by atoms with E-state index in [4.69, 9.17) is 18.5 Å². The maximum Gasteiger partial charge on any atom is 0.472 e. The molecule has 0 rings (SSSR count). The second-order valence-corrected chi connectivity index (χ2v) is 14.7. The minimum absolute atomic E-state index is 0.0616. The summed E-state index contributed by atoms with van der Waals surface area (Å²) in [4.78, 5) is 22.7. The molecule has 2 atom stereocenters. The van der Waals surface area contributed by atoms with Crippen molar-refractivity contribution in [2.75, 3.05) is 54.1 Å². The average Bonchev–Trinajstić information content (AvgIpc) is 3.08. The largest absolute Gasteiger partial charge is 0.472 e. The third-order valence-electron chi connectivity index (χ3n) is 7.17. The van der Waals surface area contributed by atoms with E-state index in [2.05, 4.69) is 98.9 Å². The molecule has 1 N–H and O–H groups in total. The smallest absolute Gasteiger partial charge is 0.457 e. The first-order valence-electron chi connectivity index (χ1n) is 19.0. The zero-order chi connectivity index (χ0) is 37.7. The predicted molar refractivity (Wildman–Crippen MR) is 214 cm³/mol. The molecule has 0 aliphatic heterocycles. The van der Waals surface area contributed by atoms with E-state index in [1.807, 2.05) is 27.2 Å². The number of esters is 1. The van der Waals surface area contributed by atoms with Crippen LogP contribution < -0.4 is 0 Å². The van der Waals surface area contributed by atoms with E-state index < -0.39 is 19.9 Å². The van der Waals surface area contributed by atoms with Gasteiger partial charge in [-0.15, -0.1) is 0 Å². The number of rotatable bonds is 33. The summed E-state index contributed by atoms with van der Waals surface area (Å²) in [6.45, 7) is 5.15. The van der Waals surface area contributed by atoms with E-state index >= 15 is 0 Å². The van der Waals surface area contributed by atoms with Crippen molar-refractivity contribution in [2.24, 2.45) is 0 Å². The Kier molecular flexibility index (Phi) is 32.8. The number of likely N-dealkylation sites (N-methyl/N-ethyl adjacent to an activating group) is 1. The Bertz CT molecular complexity index is 1130. The fourth-order valence-electron chi connectivity index (χ4n) is 4.29. The number of hydrogen-bond donors (Lipinski definition) is 1. The van der Waals surface area contributed by atoms with Crippen LogP contribution in [-0.2, 0) is 27.9 Å². The lowest BCUT2D eigenvalue weighted by Crippen LogP contribution is -2.37. The minimum Gasteiger partial charge on any atom is -0.457 e. The quantitative estimate of drug-likeness (QED) is 0.0236. The van der Waals surface area contributed by atoms with Crippen LogP contribution in [-0.4, -0.2) is 75.6 Å². The number of ether oxygens (including phenoxy) is 2. The average molecular weight is 733 g/mol. The first-order valence-corrected chi connectivity index (χ1v) is 20.5. The highest BCUT2D eigenvalue weighted by Crippen LogP contribution is 2.43. The Morgan fingerprint density at radius 3 is 1.59 bits per heavy atom. The molecule has 0 aromatic carbocycles. The van der Waals surface area contributed by atoms with Gasteiger partial charge in [0.2, 0.25) is 0 Å². The normalized spacial score (nSPS) is 15.0. The third kappa shape index (κ3) is 38.5. The molecule has 51 heavy (non-hydrogen) atoms.